The number of benzene rings is 2. The summed E-state index contributed by atoms with van der Waals surface area (Å²) in [5.74, 6) is 0. The third-order valence-electron chi connectivity index (χ3n) is 7.02. The van der Waals surface area contributed by atoms with Crippen molar-refractivity contribution in [1.82, 2.24) is 0 Å². The van der Waals surface area contributed by atoms with E-state index < -0.39 is 35.6 Å². The van der Waals surface area contributed by atoms with Crippen molar-refractivity contribution in [3.63, 3.8) is 0 Å². The molecule has 10 heteroatoms. The van der Waals surface area contributed by atoms with E-state index in [0.29, 0.717) is 37.0 Å². The summed E-state index contributed by atoms with van der Waals surface area (Å²) in [5.41, 5.74) is 4.47. The highest BCUT2D eigenvalue weighted by atomic mass is 31.2. The van der Waals surface area contributed by atoms with E-state index in [2.05, 4.69) is 0 Å². The Morgan fingerprint density at radius 1 is 0.683 bits per heavy atom. The first kappa shape index (κ1) is 35.5. The molecule has 0 fully saturated rings. The molecule has 0 unspecified atom stereocenters. The normalized spacial score (nSPS) is 12.6. The molecular formula is C31H49O7PSi2. The summed E-state index contributed by atoms with van der Waals surface area (Å²) in [7, 11) is -9.96. The number of hydrogen-bond donors (Lipinski definition) is 0. The fourth-order valence-electron chi connectivity index (χ4n) is 5.70. The van der Waals surface area contributed by atoms with Crippen molar-refractivity contribution >= 4 is 35.6 Å². The lowest BCUT2D eigenvalue weighted by Crippen LogP contribution is -2.54. The minimum atomic E-state index is -4.11. The van der Waals surface area contributed by atoms with Gasteiger partial charge in [0.25, 0.3) is 0 Å². The molecular weight excluding hydrogens is 571 g/mol. The van der Waals surface area contributed by atoms with Crippen LogP contribution >= 0.6 is 7.14 Å². The van der Waals surface area contributed by atoms with Crippen LogP contribution in [0, 0.1) is 41.5 Å². The van der Waals surface area contributed by atoms with Crippen LogP contribution in [0.15, 0.2) is 24.3 Å². The van der Waals surface area contributed by atoms with Gasteiger partial charge in [-0.25, -0.2) is 0 Å². The molecule has 41 heavy (non-hydrogen) atoms. The SMILES string of the molecule is CCO[Si](C)(C)O[Si](CCCP(=O)(C(=O)c1c(C)cc(C)cc1C)C(=O)c1c(C)cc(C)cc1C)(OCC)OCC. The van der Waals surface area contributed by atoms with Crippen LogP contribution in [0.4, 0.5) is 0 Å². The number of carbonyl (C=O) groups is 2. The van der Waals surface area contributed by atoms with Crippen LogP contribution in [0.25, 0.3) is 0 Å². The maximum Gasteiger partial charge on any atom is 0.492 e. The van der Waals surface area contributed by atoms with E-state index in [1.807, 2.05) is 99.7 Å². The Hall–Kier alpha value is -1.72. The molecule has 2 rings (SSSR count). The summed E-state index contributed by atoms with van der Waals surface area (Å²) >= 11 is 0. The van der Waals surface area contributed by atoms with Crippen LogP contribution in [0.5, 0.6) is 0 Å². The Balaban J connectivity index is 2.60. The molecule has 0 aliphatic rings. The Kier molecular flexibility index (Phi) is 12.7. The van der Waals surface area contributed by atoms with Crippen molar-refractivity contribution in [3.8, 4) is 0 Å². The predicted octanol–water partition coefficient (Wildman–Crippen LogP) is 8.04. The molecule has 0 atom stereocenters. The van der Waals surface area contributed by atoms with E-state index in [1.54, 1.807) is 0 Å². The van der Waals surface area contributed by atoms with Gasteiger partial charge in [0.1, 0.15) is 0 Å². The average molecular weight is 621 g/mol. The maximum atomic E-state index is 15.0. The number of hydrogen-bond acceptors (Lipinski definition) is 7. The molecule has 0 N–H and O–H groups in total. The van der Waals surface area contributed by atoms with Crippen molar-refractivity contribution in [1.29, 1.82) is 0 Å². The lowest BCUT2D eigenvalue weighted by Gasteiger charge is -2.35. The molecule has 7 nitrogen and oxygen atoms in total. The molecule has 0 bridgehead atoms. The first-order valence-electron chi connectivity index (χ1n) is 14.5. The Morgan fingerprint density at radius 2 is 1.05 bits per heavy atom. The topological polar surface area (TPSA) is 88.1 Å². The average Bonchev–Trinajstić information content (AvgIpc) is 2.82. The van der Waals surface area contributed by atoms with Crippen LogP contribution in [0.3, 0.4) is 0 Å². The second kappa shape index (κ2) is 14.6. The highest BCUT2D eigenvalue weighted by Crippen LogP contribution is 2.54. The van der Waals surface area contributed by atoms with E-state index in [1.165, 1.54) is 0 Å². The zero-order valence-electron chi connectivity index (χ0n) is 26.9. The van der Waals surface area contributed by atoms with Gasteiger partial charge in [0.05, 0.1) is 0 Å². The van der Waals surface area contributed by atoms with E-state index >= 15 is 0 Å². The van der Waals surface area contributed by atoms with Gasteiger partial charge < -0.3 is 22.0 Å². The highest BCUT2D eigenvalue weighted by Gasteiger charge is 2.48. The molecule has 0 saturated heterocycles. The zero-order chi connectivity index (χ0) is 31.2. The minimum absolute atomic E-state index is 0.0982. The van der Waals surface area contributed by atoms with Crippen LogP contribution in [0.1, 0.15) is 81.3 Å². The summed E-state index contributed by atoms with van der Waals surface area (Å²) < 4.78 is 39.7. The number of rotatable bonds is 16. The summed E-state index contributed by atoms with van der Waals surface area (Å²) in [6.07, 6.45) is 0.171. The van der Waals surface area contributed by atoms with Gasteiger partial charge in [-0.2, -0.15) is 0 Å². The molecule has 0 saturated carbocycles. The molecule has 0 aliphatic carbocycles. The molecule has 0 spiro atoms. The van der Waals surface area contributed by atoms with Gasteiger partial charge >= 0.3 is 17.4 Å². The first-order valence-corrected chi connectivity index (χ1v) is 21.2. The molecule has 2 aromatic rings. The van der Waals surface area contributed by atoms with Gasteiger partial charge in [0.15, 0.2) is 0 Å². The van der Waals surface area contributed by atoms with Crippen molar-refractivity contribution in [3.05, 3.63) is 68.8 Å². The first-order chi connectivity index (χ1) is 19.1. The molecule has 0 amide bonds. The lowest BCUT2D eigenvalue weighted by atomic mass is 10.0. The van der Waals surface area contributed by atoms with E-state index in [4.69, 9.17) is 17.4 Å². The van der Waals surface area contributed by atoms with Gasteiger partial charge in [-0.05, 0) is 104 Å². The third-order valence-corrected chi connectivity index (χ3v) is 16.3. The lowest BCUT2D eigenvalue weighted by molar-refractivity contribution is 0.0960. The summed E-state index contributed by atoms with van der Waals surface area (Å²) in [5, 5.41) is 0. The monoisotopic (exact) mass is 620 g/mol. The summed E-state index contributed by atoms with van der Waals surface area (Å²) in [6.45, 7) is 22.1. The summed E-state index contributed by atoms with van der Waals surface area (Å²) in [6, 6.07) is 7.91. The maximum absolute atomic E-state index is 15.0. The smallest absolute Gasteiger partial charge is 0.395 e. The quantitative estimate of drug-likeness (QED) is 0.139. The van der Waals surface area contributed by atoms with Gasteiger partial charge in [-0.15, -0.1) is 0 Å². The van der Waals surface area contributed by atoms with Crippen molar-refractivity contribution in [2.75, 3.05) is 26.0 Å². The van der Waals surface area contributed by atoms with Crippen molar-refractivity contribution < 1.29 is 31.5 Å². The van der Waals surface area contributed by atoms with E-state index in [0.717, 1.165) is 33.4 Å². The fraction of sp³-hybridized carbons (Fsp3) is 0.548. The van der Waals surface area contributed by atoms with Crippen LogP contribution in [-0.4, -0.2) is 54.4 Å². The zero-order valence-corrected chi connectivity index (χ0v) is 29.8. The van der Waals surface area contributed by atoms with Crippen molar-refractivity contribution in [2.45, 2.75) is 87.9 Å². The molecule has 0 aliphatic heterocycles. The van der Waals surface area contributed by atoms with Gasteiger partial charge in [-0.1, -0.05) is 35.4 Å². The van der Waals surface area contributed by atoms with Crippen LogP contribution < -0.4 is 0 Å². The number of carbonyl (C=O) groups excluding carboxylic acids is 2. The molecule has 0 heterocycles. The standard InChI is InChI=1S/C31H49O7PSi2/c1-12-35-40(10,11)38-41(36-13-2,37-14-3)17-15-16-39(34,30(32)28-24(6)18-22(4)19-25(28)7)31(33)29-26(8)20-23(5)21-27(29)9/h18-21H,12-17H2,1-11H3. The number of aryl methyl sites for hydroxylation is 6. The molecule has 228 valence electrons. The third kappa shape index (κ3) is 8.66. The predicted molar refractivity (Wildman–Crippen MR) is 171 cm³/mol. The fourth-order valence-corrected chi connectivity index (χ4v) is 15.3. The van der Waals surface area contributed by atoms with Crippen LogP contribution in [-0.2, 0) is 22.0 Å². The van der Waals surface area contributed by atoms with Crippen molar-refractivity contribution in [2.24, 2.45) is 0 Å². The molecule has 0 aromatic heterocycles. The van der Waals surface area contributed by atoms with E-state index in [-0.39, 0.29) is 12.6 Å². The Bertz CT molecular complexity index is 1180. The second-order valence-corrected chi connectivity index (χ2v) is 20.3. The Labute approximate surface area is 249 Å². The Morgan fingerprint density at radius 3 is 1.39 bits per heavy atom. The molecule has 2 aromatic carbocycles. The second-order valence-electron chi connectivity index (χ2n) is 11.2. The van der Waals surface area contributed by atoms with Gasteiger partial charge in [-0.3, -0.25) is 9.59 Å². The molecule has 0 radical (unpaired) electrons. The van der Waals surface area contributed by atoms with Crippen LogP contribution in [0.2, 0.25) is 19.1 Å². The van der Waals surface area contributed by atoms with Gasteiger partial charge in [0, 0.05) is 43.2 Å². The van der Waals surface area contributed by atoms with Gasteiger partial charge in [0.2, 0.25) is 18.2 Å². The van der Waals surface area contributed by atoms with E-state index in [9.17, 15) is 14.2 Å². The minimum Gasteiger partial charge on any atom is -0.395 e. The highest BCUT2D eigenvalue weighted by molar-refractivity contribution is 7.95. The largest absolute Gasteiger partial charge is 0.492 e. The summed E-state index contributed by atoms with van der Waals surface area (Å²) in [4.78, 5) is 28.5.